The molecular weight excluding hydrogens is 248 g/mol. The Morgan fingerprint density at radius 2 is 2.17 bits per heavy atom. The topological polar surface area (TPSA) is 41.6 Å². The molecule has 1 aliphatic heterocycles. The smallest absolute Gasteiger partial charge is 0.232 e. The third-order valence-electron chi connectivity index (χ3n) is 3.33. The van der Waals surface area contributed by atoms with Gasteiger partial charge >= 0.3 is 0 Å². The molecule has 1 heterocycles. The van der Waals surface area contributed by atoms with Gasteiger partial charge in [-0.1, -0.05) is 0 Å². The number of likely N-dealkylation sites (N-methyl/N-ethyl adjacent to an activating group) is 1. The Balaban J connectivity index is 2.32. The molecule has 0 saturated carbocycles. The van der Waals surface area contributed by atoms with E-state index in [-0.39, 0.29) is 11.9 Å². The SMILES string of the molecule is CCN(C(=O)CSC1CCNCC1)C(C)COC. The summed E-state index contributed by atoms with van der Waals surface area (Å²) in [4.78, 5) is 14.1. The van der Waals surface area contributed by atoms with E-state index in [2.05, 4.69) is 5.32 Å². The number of thioether (sulfide) groups is 1. The van der Waals surface area contributed by atoms with Crippen LogP contribution in [0.25, 0.3) is 0 Å². The lowest BCUT2D eigenvalue weighted by Crippen LogP contribution is -2.42. The maximum atomic E-state index is 12.2. The number of carbonyl (C=O) groups is 1. The van der Waals surface area contributed by atoms with Crippen LogP contribution < -0.4 is 5.32 Å². The molecule has 0 aliphatic carbocycles. The Labute approximate surface area is 115 Å². The summed E-state index contributed by atoms with van der Waals surface area (Å²) >= 11 is 1.81. The summed E-state index contributed by atoms with van der Waals surface area (Å²) in [5, 5.41) is 3.99. The second-order valence-corrected chi connectivity index (χ2v) is 6.03. The van der Waals surface area contributed by atoms with Crippen molar-refractivity contribution in [3.63, 3.8) is 0 Å². The Morgan fingerprint density at radius 1 is 1.50 bits per heavy atom. The van der Waals surface area contributed by atoms with Crippen LogP contribution in [0.2, 0.25) is 0 Å². The number of piperidine rings is 1. The van der Waals surface area contributed by atoms with Gasteiger partial charge in [-0.05, 0) is 39.8 Å². The minimum absolute atomic E-state index is 0.168. The van der Waals surface area contributed by atoms with Crippen molar-refractivity contribution in [3.8, 4) is 0 Å². The summed E-state index contributed by atoms with van der Waals surface area (Å²) in [6, 6.07) is 0.168. The first kappa shape index (κ1) is 15.8. The predicted molar refractivity (Wildman–Crippen MR) is 77.1 cm³/mol. The largest absolute Gasteiger partial charge is 0.383 e. The molecule has 1 atom stereocenters. The van der Waals surface area contributed by atoms with Gasteiger partial charge in [0.25, 0.3) is 0 Å². The van der Waals surface area contributed by atoms with E-state index in [4.69, 9.17) is 4.74 Å². The van der Waals surface area contributed by atoms with Gasteiger partial charge in [-0.25, -0.2) is 0 Å². The molecule has 4 nitrogen and oxygen atoms in total. The zero-order valence-electron chi connectivity index (χ0n) is 11.8. The van der Waals surface area contributed by atoms with Crippen LogP contribution in [0.3, 0.4) is 0 Å². The molecular formula is C13H26N2O2S. The first-order valence-electron chi connectivity index (χ1n) is 6.79. The van der Waals surface area contributed by atoms with Crippen molar-refractivity contribution in [1.82, 2.24) is 10.2 Å². The number of methoxy groups -OCH3 is 1. The summed E-state index contributed by atoms with van der Waals surface area (Å²) in [5.74, 6) is 0.845. The first-order chi connectivity index (χ1) is 8.69. The van der Waals surface area contributed by atoms with Gasteiger partial charge in [0.2, 0.25) is 5.91 Å². The molecule has 0 bridgehead atoms. The van der Waals surface area contributed by atoms with Crippen LogP contribution in [0.4, 0.5) is 0 Å². The van der Waals surface area contributed by atoms with Crippen LogP contribution in [0.15, 0.2) is 0 Å². The highest BCUT2D eigenvalue weighted by Crippen LogP contribution is 2.20. The fourth-order valence-electron chi connectivity index (χ4n) is 2.30. The van der Waals surface area contributed by atoms with Crippen LogP contribution >= 0.6 is 11.8 Å². The number of nitrogens with zero attached hydrogens (tertiary/aromatic N) is 1. The van der Waals surface area contributed by atoms with Crippen molar-refractivity contribution in [3.05, 3.63) is 0 Å². The molecule has 1 N–H and O–H groups in total. The van der Waals surface area contributed by atoms with Crippen molar-refractivity contribution >= 4 is 17.7 Å². The molecule has 0 aromatic rings. The van der Waals surface area contributed by atoms with Gasteiger partial charge in [0.05, 0.1) is 18.4 Å². The van der Waals surface area contributed by atoms with Crippen molar-refractivity contribution in [2.45, 2.75) is 38.0 Å². The molecule has 0 aromatic carbocycles. The third-order valence-corrected chi connectivity index (χ3v) is 4.69. The average Bonchev–Trinajstić information content (AvgIpc) is 2.39. The maximum absolute atomic E-state index is 12.2. The number of hydrogen-bond donors (Lipinski definition) is 1. The van der Waals surface area contributed by atoms with Gasteiger partial charge < -0.3 is 15.0 Å². The van der Waals surface area contributed by atoms with E-state index >= 15 is 0 Å². The molecule has 0 aromatic heterocycles. The van der Waals surface area contributed by atoms with E-state index in [0.717, 1.165) is 19.6 Å². The van der Waals surface area contributed by atoms with Crippen LogP contribution in [0.1, 0.15) is 26.7 Å². The molecule has 1 unspecified atom stereocenters. The molecule has 1 aliphatic rings. The molecule has 1 rings (SSSR count). The normalized spacial score (nSPS) is 18.6. The summed E-state index contributed by atoms with van der Waals surface area (Å²) in [6.45, 7) is 7.61. The quantitative estimate of drug-likeness (QED) is 0.761. The fourth-order valence-corrected chi connectivity index (χ4v) is 3.41. The van der Waals surface area contributed by atoms with Crippen molar-refractivity contribution in [2.75, 3.05) is 39.1 Å². The van der Waals surface area contributed by atoms with E-state index in [1.165, 1.54) is 12.8 Å². The number of ether oxygens (including phenoxy) is 1. The molecule has 1 fully saturated rings. The lowest BCUT2D eigenvalue weighted by atomic mass is 10.2. The Kier molecular flexibility index (Phi) is 7.70. The van der Waals surface area contributed by atoms with Gasteiger partial charge in [0.15, 0.2) is 0 Å². The number of hydrogen-bond acceptors (Lipinski definition) is 4. The van der Waals surface area contributed by atoms with E-state index in [9.17, 15) is 4.79 Å². The standard InChI is InChI=1S/C13H26N2O2S/c1-4-15(11(2)9-17-3)13(16)10-18-12-5-7-14-8-6-12/h11-12,14H,4-10H2,1-3H3. The van der Waals surface area contributed by atoms with Crippen LogP contribution in [-0.4, -0.2) is 61.2 Å². The van der Waals surface area contributed by atoms with Gasteiger partial charge in [0, 0.05) is 18.9 Å². The molecule has 1 saturated heterocycles. The van der Waals surface area contributed by atoms with E-state index in [0.29, 0.717) is 17.6 Å². The van der Waals surface area contributed by atoms with Crippen LogP contribution in [-0.2, 0) is 9.53 Å². The lowest BCUT2D eigenvalue weighted by Gasteiger charge is -2.28. The zero-order chi connectivity index (χ0) is 13.4. The third kappa shape index (κ3) is 5.16. The highest BCUT2D eigenvalue weighted by atomic mass is 32.2. The highest BCUT2D eigenvalue weighted by molar-refractivity contribution is 8.00. The van der Waals surface area contributed by atoms with Crippen LogP contribution in [0.5, 0.6) is 0 Å². The monoisotopic (exact) mass is 274 g/mol. The maximum Gasteiger partial charge on any atom is 0.232 e. The number of amides is 1. The summed E-state index contributed by atoms with van der Waals surface area (Å²) in [7, 11) is 1.68. The van der Waals surface area contributed by atoms with Gasteiger partial charge in [-0.3, -0.25) is 4.79 Å². The van der Waals surface area contributed by atoms with E-state index in [1.807, 2.05) is 30.5 Å². The molecule has 106 valence electrons. The van der Waals surface area contributed by atoms with E-state index in [1.54, 1.807) is 7.11 Å². The summed E-state index contributed by atoms with van der Waals surface area (Å²) in [6.07, 6.45) is 2.36. The van der Waals surface area contributed by atoms with Crippen molar-refractivity contribution in [2.24, 2.45) is 0 Å². The predicted octanol–water partition coefficient (Wildman–Crippen LogP) is 1.35. The Hall–Kier alpha value is -0.260. The van der Waals surface area contributed by atoms with Crippen molar-refractivity contribution in [1.29, 1.82) is 0 Å². The van der Waals surface area contributed by atoms with Crippen molar-refractivity contribution < 1.29 is 9.53 Å². The molecule has 0 spiro atoms. The molecule has 5 heteroatoms. The molecule has 1 amide bonds. The Morgan fingerprint density at radius 3 is 2.72 bits per heavy atom. The number of nitrogens with one attached hydrogen (secondary N) is 1. The molecule has 0 radical (unpaired) electrons. The Bertz CT molecular complexity index is 245. The minimum atomic E-state index is 0.168. The zero-order valence-corrected chi connectivity index (χ0v) is 12.6. The lowest BCUT2D eigenvalue weighted by molar-refractivity contribution is -0.131. The fraction of sp³-hybridized carbons (Fsp3) is 0.923. The second kappa shape index (κ2) is 8.77. The average molecular weight is 274 g/mol. The van der Waals surface area contributed by atoms with Gasteiger partial charge in [0.1, 0.15) is 0 Å². The highest BCUT2D eigenvalue weighted by Gasteiger charge is 2.20. The van der Waals surface area contributed by atoms with Crippen LogP contribution in [0, 0.1) is 0 Å². The molecule has 18 heavy (non-hydrogen) atoms. The summed E-state index contributed by atoms with van der Waals surface area (Å²) < 4.78 is 5.12. The second-order valence-electron chi connectivity index (χ2n) is 4.74. The minimum Gasteiger partial charge on any atom is -0.383 e. The summed E-state index contributed by atoms with van der Waals surface area (Å²) in [5.41, 5.74) is 0. The number of carbonyl (C=O) groups excluding carboxylic acids is 1. The van der Waals surface area contributed by atoms with E-state index < -0.39 is 0 Å². The van der Waals surface area contributed by atoms with Gasteiger partial charge in [-0.15, -0.1) is 11.8 Å². The first-order valence-corrected chi connectivity index (χ1v) is 7.84. The number of rotatable bonds is 7. The van der Waals surface area contributed by atoms with Gasteiger partial charge in [-0.2, -0.15) is 0 Å².